The quantitative estimate of drug-likeness (QED) is 0.805. The van der Waals surface area contributed by atoms with Gasteiger partial charge < -0.3 is 5.11 Å². The Hall–Kier alpha value is -0.830. The van der Waals surface area contributed by atoms with E-state index in [1.54, 1.807) is 6.20 Å². The van der Waals surface area contributed by atoms with Gasteiger partial charge in [-0.15, -0.1) is 0 Å². The molecule has 0 atom stereocenters. The van der Waals surface area contributed by atoms with Crippen molar-refractivity contribution in [1.29, 1.82) is 0 Å². The average Bonchev–Trinajstić information content (AvgIpc) is 2.64. The van der Waals surface area contributed by atoms with Crippen LogP contribution in [0, 0.1) is 11.8 Å². The fraction of sp³-hybridized carbons (Fsp3) is 0.800. The van der Waals surface area contributed by atoms with Crippen LogP contribution in [-0.4, -0.2) is 14.9 Å². The molecule has 0 aliphatic carbocycles. The number of aromatic nitrogens is 2. The summed E-state index contributed by atoms with van der Waals surface area (Å²) >= 11 is 0. The molecule has 0 bridgehead atoms. The van der Waals surface area contributed by atoms with Gasteiger partial charge in [0.2, 0.25) is 0 Å². The van der Waals surface area contributed by atoms with E-state index < -0.39 is 5.60 Å². The van der Waals surface area contributed by atoms with E-state index >= 15 is 0 Å². The summed E-state index contributed by atoms with van der Waals surface area (Å²) < 4.78 is 1.96. The molecule has 0 saturated carbocycles. The van der Waals surface area contributed by atoms with E-state index in [0.29, 0.717) is 11.8 Å². The third-order valence-electron chi connectivity index (χ3n) is 3.12. The number of hydrogen-bond acceptors (Lipinski definition) is 2. The van der Waals surface area contributed by atoms with E-state index in [4.69, 9.17) is 0 Å². The van der Waals surface area contributed by atoms with Crippen molar-refractivity contribution in [2.45, 2.75) is 66.0 Å². The van der Waals surface area contributed by atoms with Crippen LogP contribution in [0.25, 0.3) is 0 Å². The summed E-state index contributed by atoms with van der Waals surface area (Å²) in [5.41, 5.74) is 0.236. The summed E-state index contributed by atoms with van der Waals surface area (Å²) in [5, 5.41) is 15.4. The number of hydrogen-bond donors (Lipinski definition) is 1. The van der Waals surface area contributed by atoms with Gasteiger partial charge in [0.1, 0.15) is 5.60 Å². The van der Waals surface area contributed by atoms with Crippen molar-refractivity contribution >= 4 is 0 Å². The third kappa shape index (κ3) is 3.84. The lowest BCUT2D eigenvalue weighted by atomic mass is 9.82. The van der Waals surface area contributed by atoms with Gasteiger partial charge >= 0.3 is 0 Å². The fourth-order valence-electron chi connectivity index (χ4n) is 2.76. The van der Waals surface area contributed by atoms with Crippen LogP contribution in [0.5, 0.6) is 0 Å². The van der Waals surface area contributed by atoms with Gasteiger partial charge in [-0.1, -0.05) is 34.6 Å². The zero-order valence-electron chi connectivity index (χ0n) is 12.5. The number of aliphatic hydroxyl groups is 1. The molecule has 0 unspecified atom stereocenters. The predicted octanol–water partition coefficient (Wildman–Crippen LogP) is 3.57. The molecule has 1 aromatic heterocycles. The van der Waals surface area contributed by atoms with Gasteiger partial charge in [-0.3, -0.25) is 4.68 Å². The Morgan fingerprint density at radius 2 is 1.78 bits per heavy atom. The van der Waals surface area contributed by atoms with Gasteiger partial charge in [0.25, 0.3) is 0 Å². The molecule has 0 fully saturated rings. The average molecular weight is 252 g/mol. The van der Waals surface area contributed by atoms with E-state index in [2.05, 4.69) is 39.7 Å². The number of aryl methyl sites for hydroxylation is 1. The van der Waals surface area contributed by atoms with Crippen LogP contribution in [0.3, 0.4) is 0 Å². The summed E-state index contributed by atoms with van der Waals surface area (Å²) in [5.74, 6) is 0.942. The van der Waals surface area contributed by atoms with E-state index in [9.17, 15) is 5.11 Å². The van der Waals surface area contributed by atoms with Crippen molar-refractivity contribution in [3.63, 3.8) is 0 Å². The molecule has 0 radical (unpaired) electrons. The van der Waals surface area contributed by atoms with Crippen molar-refractivity contribution in [2.75, 3.05) is 0 Å². The Bertz CT molecular complexity index is 345. The zero-order chi connectivity index (χ0) is 13.8. The van der Waals surface area contributed by atoms with Crippen molar-refractivity contribution < 1.29 is 5.11 Å². The minimum atomic E-state index is -0.742. The molecule has 0 saturated heterocycles. The lowest BCUT2D eigenvalue weighted by Crippen LogP contribution is -2.32. The normalized spacial score (nSPS) is 12.7. The Morgan fingerprint density at radius 3 is 2.22 bits per heavy atom. The smallest absolute Gasteiger partial charge is 0.107 e. The van der Waals surface area contributed by atoms with Gasteiger partial charge in [-0.2, -0.15) is 5.10 Å². The summed E-state index contributed by atoms with van der Waals surface area (Å²) in [6.07, 6.45) is 4.42. The Labute approximate surface area is 111 Å². The highest BCUT2D eigenvalue weighted by Gasteiger charge is 2.34. The predicted molar refractivity (Wildman–Crippen MR) is 75.3 cm³/mol. The number of nitrogens with zero attached hydrogens (tertiary/aromatic N) is 2. The molecule has 0 spiro atoms. The molecule has 0 amide bonds. The molecule has 104 valence electrons. The van der Waals surface area contributed by atoms with E-state index in [-0.39, 0.29) is 0 Å². The minimum absolute atomic E-state index is 0.471. The van der Waals surface area contributed by atoms with Crippen LogP contribution in [-0.2, 0) is 12.1 Å². The second kappa shape index (κ2) is 6.37. The Morgan fingerprint density at radius 1 is 1.22 bits per heavy atom. The molecule has 1 N–H and O–H groups in total. The highest BCUT2D eigenvalue weighted by atomic mass is 16.3. The summed E-state index contributed by atoms with van der Waals surface area (Å²) in [6, 6.07) is 1.97. The van der Waals surface area contributed by atoms with Crippen molar-refractivity contribution in [2.24, 2.45) is 11.8 Å². The first-order valence-corrected chi connectivity index (χ1v) is 7.13. The molecular formula is C15H28N2O. The summed E-state index contributed by atoms with van der Waals surface area (Å²) in [7, 11) is 0. The van der Waals surface area contributed by atoms with Gasteiger partial charge in [0, 0.05) is 12.7 Å². The SMILES string of the molecule is CCCn1nccc1C(O)(CC(C)C)CC(C)C. The molecule has 0 aliphatic heterocycles. The zero-order valence-corrected chi connectivity index (χ0v) is 12.5. The van der Waals surface area contributed by atoms with Crippen LogP contribution in [0.4, 0.5) is 0 Å². The standard InChI is InChI=1S/C15H28N2O/c1-6-9-17-14(7-8-16-17)15(18,10-12(2)3)11-13(4)5/h7-8,12-13,18H,6,9-11H2,1-5H3. The van der Waals surface area contributed by atoms with Crippen LogP contribution < -0.4 is 0 Å². The van der Waals surface area contributed by atoms with E-state index in [1.165, 1.54) is 0 Å². The molecule has 3 heteroatoms. The van der Waals surface area contributed by atoms with E-state index in [0.717, 1.165) is 31.5 Å². The lowest BCUT2D eigenvalue weighted by molar-refractivity contribution is -0.0126. The maximum atomic E-state index is 11.1. The van der Waals surface area contributed by atoms with Gasteiger partial charge in [0.05, 0.1) is 5.69 Å². The largest absolute Gasteiger partial charge is 0.384 e. The van der Waals surface area contributed by atoms with Gasteiger partial charge in [-0.05, 0) is 37.2 Å². The third-order valence-corrected chi connectivity index (χ3v) is 3.12. The first-order valence-electron chi connectivity index (χ1n) is 7.13. The second-order valence-electron chi connectivity index (χ2n) is 6.17. The molecule has 1 aromatic rings. The van der Waals surface area contributed by atoms with Crippen LogP contribution >= 0.6 is 0 Å². The summed E-state index contributed by atoms with van der Waals surface area (Å²) in [4.78, 5) is 0. The summed E-state index contributed by atoms with van der Waals surface area (Å²) in [6.45, 7) is 11.6. The first-order chi connectivity index (χ1) is 8.39. The lowest BCUT2D eigenvalue weighted by Gasteiger charge is -2.32. The highest BCUT2D eigenvalue weighted by molar-refractivity contribution is 5.12. The Kier molecular flexibility index (Phi) is 5.39. The fourth-order valence-corrected chi connectivity index (χ4v) is 2.76. The molecule has 0 aromatic carbocycles. The second-order valence-corrected chi connectivity index (χ2v) is 6.17. The van der Waals surface area contributed by atoms with Crippen LogP contribution in [0.15, 0.2) is 12.3 Å². The van der Waals surface area contributed by atoms with Gasteiger partial charge in [-0.25, -0.2) is 0 Å². The Balaban J connectivity index is 3.04. The molecular weight excluding hydrogens is 224 g/mol. The minimum Gasteiger partial charge on any atom is -0.384 e. The molecule has 1 heterocycles. The van der Waals surface area contributed by atoms with Gasteiger partial charge in [0.15, 0.2) is 0 Å². The van der Waals surface area contributed by atoms with Crippen LogP contribution in [0.1, 0.15) is 59.6 Å². The number of rotatable bonds is 7. The molecule has 18 heavy (non-hydrogen) atoms. The molecule has 1 rings (SSSR count). The topological polar surface area (TPSA) is 38.0 Å². The maximum absolute atomic E-state index is 11.1. The highest BCUT2D eigenvalue weighted by Crippen LogP contribution is 2.34. The van der Waals surface area contributed by atoms with Crippen molar-refractivity contribution in [3.05, 3.63) is 18.0 Å². The van der Waals surface area contributed by atoms with Crippen LogP contribution in [0.2, 0.25) is 0 Å². The van der Waals surface area contributed by atoms with E-state index in [1.807, 2.05) is 10.7 Å². The maximum Gasteiger partial charge on any atom is 0.107 e. The van der Waals surface area contributed by atoms with Crippen molar-refractivity contribution in [3.8, 4) is 0 Å². The molecule has 3 nitrogen and oxygen atoms in total. The molecule has 0 aliphatic rings. The van der Waals surface area contributed by atoms with Crippen molar-refractivity contribution in [1.82, 2.24) is 9.78 Å². The first kappa shape index (κ1) is 15.2. The monoisotopic (exact) mass is 252 g/mol.